The van der Waals surface area contributed by atoms with Crippen molar-refractivity contribution in [2.75, 3.05) is 126 Å². The summed E-state index contributed by atoms with van der Waals surface area (Å²) in [5.74, 6) is 34.9. The quantitative estimate of drug-likeness (QED) is 0.0442. The second-order valence-corrected chi connectivity index (χ2v) is 55.4. The van der Waals surface area contributed by atoms with Gasteiger partial charge in [-0.25, -0.2) is 0 Å². The first-order valence-electron chi connectivity index (χ1n) is 64.8. The van der Waals surface area contributed by atoms with Gasteiger partial charge in [0, 0.05) is 111 Å². The Morgan fingerprint density at radius 3 is 0.849 bits per heavy atom. The van der Waals surface area contributed by atoms with Gasteiger partial charge in [-0.3, -0.25) is 0 Å². The number of allylic oxidation sites excluding steroid dienone is 20. The zero-order valence-electron chi connectivity index (χ0n) is 92.5. The molecule has 0 aromatic rings. The third kappa shape index (κ3) is 30.9. The van der Waals surface area contributed by atoms with E-state index in [9.17, 15) is 0 Å². The van der Waals surface area contributed by atoms with Crippen LogP contribution in [-0.2, 0) is 47.4 Å². The second-order valence-electron chi connectivity index (χ2n) is 55.4. The zero-order chi connectivity index (χ0) is 98.1. The van der Waals surface area contributed by atoms with Crippen LogP contribution in [0, 0.1) is 224 Å². The molecule has 0 radical (unpaired) electrons. The molecule has 0 N–H and O–H groups in total. The molecule has 20 aliphatic carbocycles. The Bertz CT molecular complexity index is 4050. The molecule has 30 rings (SSSR count). The lowest BCUT2D eigenvalue weighted by atomic mass is 9.75. The average Bonchev–Trinajstić information content (AvgIpc) is 1.59. The lowest BCUT2D eigenvalue weighted by Crippen LogP contribution is -2.25. The Hall–Kier alpha value is -3.00. The summed E-state index contributed by atoms with van der Waals surface area (Å²) in [6.45, 7) is 19.5. The molecule has 816 valence electrons. The maximum absolute atomic E-state index is 5.67. The molecule has 0 aromatic heterocycles. The van der Waals surface area contributed by atoms with Crippen molar-refractivity contribution in [3.63, 3.8) is 0 Å². The molecular weight excluding hydrogens is 1790 g/mol. The van der Waals surface area contributed by atoms with Crippen LogP contribution >= 0.6 is 0 Å². The summed E-state index contributed by atoms with van der Waals surface area (Å²) in [7, 11) is 0. The molecule has 39 atom stereocenters. The van der Waals surface area contributed by atoms with Crippen molar-refractivity contribution in [3.8, 4) is 0 Å². The van der Waals surface area contributed by atoms with Gasteiger partial charge >= 0.3 is 0 Å². The fourth-order valence-corrected chi connectivity index (χ4v) is 36.6. The van der Waals surface area contributed by atoms with Gasteiger partial charge in [0.15, 0.2) is 0 Å². The molecule has 0 amide bonds. The Morgan fingerprint density at radius 2 is 0.521 bits per heavy atom. The van der Waals surface area contributed by atoms with Gasteiger partial charge < -0.3 is 47.4 Å². The van der Waals surface area contributed by atoms with Gasteiger partial charge in [0.05, 0.1) is 25.9 Å². The first-order valence-corrected chi connectivity index (χ1v) is 64.8. The molecule has 20 bridgehead atoms. The summed E-state index contributed by atoms with van der Waals surface area (Å²) >= 11 is 0. The fraction of sp³-hybridized carbons (Fsp3) is 0.853. The standard InChI is InChI=1S/C19H32O.C17H28O.C16H26O.C15H24O.C14H22O.C13H20O.C12H18O.C11H16O.C10H14O.C9H12O/c1(3-5-7-16-11-12-20-15-16)2-4-6-8-18-13-17-9-10-19(18)14-17;1(3-5-14-9-10-18-13-14)2-4-6-16-11-15-7-8-17(16)12-15;1(2-4-13-8-9-17-12-13)3-5-15-10-14-6-7-16(15)11-14;1(3-12-7-8-16-11-12)2-4-14-9-13-5-6-15(14)10-13;1(2-11-6-7-15-10-11)3-13-8-12-4-5-14(13)9-12;1-2-13(14-7-1)6-5-12-9-10-3-4-11(12)8-10;1-2-11-5-9(1)6-12(11)7-10-3-4-13-8-10;1-2-9-5-8(1)6-11(9)10-3-4-12-7-10;1-2-9-5-8(1)6-10(9)3-4-11-7-10;1-2-7-3-6(1)8-4-10-5-9(7)8/h9-10,16-19H,1-8,11-15H2;7-8,14-17H,1-6,9-13H2;6-7,13-16H,1-5,8-12H2;5-6,12-15H,1-4,7-11H2;4-5,11-14H,1-3,6-10H2;3-4,10-13H,1-2,5-9H2;1-2,9-12H,3-8H2;1-2,8-11H,3-7H2;1-2,8-9H,3-7H2;1-2,6-9H,3-5H2. The van der Waals surface area contributed by atoms with Crippen LogP contribution in [0.15, 0.2) is 122 Å². The molecule has 10 aliphatic heterocycles. The zero-order valence-corrected chi connectivity index (χ0v) is 92.5. The minimum Gasteiger partial charge on any atom is -0.381 e. The molecule has 20 fully saturated rings. The highest BCUT2D eigenvalue weighted by Gasteiger charge is 2.52. The Balaban J connectivity index is 0.0000000958. The maximum atomic E-state index is 5.67. The van der Waals surface area contributed by atoms with Crippen LogP contribution < -0.4 is 0 Å². The van der Waals surface area contributed by atoms with E-state index >= 15 is 0 Å². The summed E-state index contributed by atoms with van der Waals surface area (Å²) in [6.07, 6.45) is 133. The minimum atomic E-state index is 0.597. The van der Waals surface area contributed by atoms with Crippen molar-refractivity contribution in [1.29, 1.82) is 0 Å². The predicted octanol–water partition coefficient (Wildman–Crippen LogP) is 32.8. The molecule has 1 spiro atoms. The highest BCUT2D eigenvalue weighted by molar-refractivity contribution is 5.20. The van der Waals surface area contributed by atoms with E-state index in [4.69, 9.17) is 47.4 Å². The van der Waals surface area contributed by atoms with Crippen LogP contribution in [0.2, 0.25) is 0 Å². The molecule has 30 aliphatic rings. The van der Waals surface area contributed by atoms with E-state index in [-0.39, 0.29) is 0 Å². The van der Waals surface area contributed by atoms with Crippen molar-refractivity contribution in [2.45, 2.75) is 379 Å². The highest BCUT2D eigenvalue weighted by atomic mass is 16.5. The summed E-state index contributed by atoms with van der Waals surface area (Å²) < 4.78 is 54.6. The van der Waals surface area contributed by atoms with E-state index in [2.05, 4.69) is 122 Å². The summed E-state index contributed by atoms with van der Waals surface area (Å²) in [5, 5.41) is 0. The summed E-state index contributed by atoms with van der Waals surface area (Å²) in [4.78, 5) is 0. The van der Waals surface area contributed by atoms with E-state index in [1.54, 1.807) is 0 Å². The SMILES string of the molecule is C1=CC2CC1C1COCC21.C1=CC2CC1CC21CCOC1.C1=CC2CC1CC2C1CCOC1.C1=CC2CC1CC2CC1CCOC1.C1=CC2CC1CC2CCC1CCCO1.C1=CC2CC1CC2CCCC1CCOC1.C1=CC2CC1CC2CCCCC1CCOC1.C1=CC2CC1CC2CCCCCC1CCOC1.C1=CC2CC1CC2CCCCCCC1CCOC1.C1=CC2CC1CC2CCCCCCCCC1CCOC1. The van der Waals surface area contributed by atoms with Crippen molar-refractivity contribution in [3.05, 3.63) is 122 Å². The van der Waals surface area contributed by atoms with Gasteiger partial charge in [-0.15, -0.1) is 0 Å². The van der Waals surface area contributed by atoms with Gasteiger partial charge in [-0.05, 0) is 489 Å². The van der Waals surface area contributed by atoms with Crippen LogP contribution in [0.3, 0.4) is 0 Å². The van der Waals surface area contributed by atoms with E-state index in [0.29, 0.717) is 11.5 Å². The number of ether oxygens (including phenoxy) is 10. The molecule has 10 heteroatoms. The maximum Gasteiger partial charge on any atom is 0.0576 e. The van der Waals surface area contributed by atoms with Gasteiger partial charge in [-0.1, -0.05) is 224 Å². The van der Waals surface area contributed by atoms with Gasteiger partial charge in [0.1, 0.15) is 0 Å². The van der Waals surface area contributed by atoms with E-state index < -0.39 is 0 Å². The third-order valence-corrected chi connectivity index (χ3v) is 45.3. The van der Waals surface area contributed by atoms with E-state index in [1.807, 2.05) is 0 Å². The average molecular weight is 2010 g/mol. The normalized spacial score (nSPS) is 43.5. The Kier molecular flexibility index (Phi) is 41.8. The van der Waals surface area contributed by atoms with Crippen molar-refractivity contribution in [1.82, 2.24) is 0 Å². The molecule has 10 saturated heterocycles. The highest BCUT2D eigenvalue weighted by Crippen LogP contribution is 2.58. The lowest BCUT2D eigenvalue weighted by Gasteiger charge is -2.28. The molecule has 146 heavy (non-hydrogen) atoms. The number of fused-ring (bicyclic) bond motifs is 24. The smallest absolute Gasteiger partial charge is 0.0576 e. The van der Waals surface area contributed by atoms with Crippen molar-refractivity contribution >= 4 is 0 Å². The summed E-state index contributed by atoms with van der Waals surface area (Å²) in [5.41, 5.74) is 0.597. The topological polar surface area (TPSA) is 92.3 Å². The molecule has 10 nitrogen and oxygen atoms in total. The minimum absolute atomic E-state index is 0.597. The number of hydrogen-bond acceptors (Lipinski definition) is 10. The largest absolute Gasteiger partial charge is 0.381 e. The van der Waals surface area contributed by atoms with E-state index in [0.717, 1.165) is 344 Å². The molecule has 10 saturated carbocycles. The van der Waals surface area contributed by atoms with E-state index in [1.165, 1.54) is 372 Å². The second kappa shape index (κ2) is 56.3. The monoisotopic (exact) mass is 2010 g/mol. The Labute approximate surface area is 891 Å². The van der Waals surface area contributed by atoms with Crippen LogP contribution in [0.1, 0.15) is 372 Å². The predicted molar refractivity (Wildman–Crippen MR) is 598 cm³/mol. The van der Waals surface area contributed by atoms with Crippen LogP contribution in [-0.4, -0.2) is 132 Å². The van der Waals surface area contributed by atoms with Gasteiger partial charge in [0.2, 0.25) is 0 Å². The summed E-state index contributed by atoms with van der Waals surface area (Å²) in [6, 6.07) is 0. The number of unbranched alkanes of at least 4 members (excludes halogenated alkanes) is 11. The fourth-order valence-electron chi connectivity index (χ4n) is 36.6. The molecule has 39 unspecified atom stereocenters. The van der Waals surface area contributed by atoms with Crippen LogP contribution in [0.5, 0.6) is 0 Å². The van der Waals surface area contributed by atoms with Gasteiger partial charge in [-0.2, -0.15) is 0 Å². The number of rotatable bonds is 37. The van der Waals surface area contributed by atoms with Gasteiger partial charge in [0.25, 0.3) is 0 Å². The third-order valence-electron chi connectivity index (χ3n) is 45.3. The molecule has 10 heterocycles. The lowest BCUT2D eigenvalue weighted by molar-refractivity contribution is 0.0967. The van der Waals surface area contributed by atoms with Crippen molar-refractivity contribution < 1.29 is 47.4 Å². The van der Waals surface area contributed by atoms with Crippen LogP contribution in [0.4, 0.5) is 0 Å². The first-order chi connectivity index (χ1) is 72.2. The van der Waals surface area contributed by atoms with Crippen molar-refractivity contribution in [2.24, 2.45) is 224 Å². The number of hydrogen-bond donors (Lipinski definition) is 0. The van der Waals surface area contributed by atoms with Crippen LogP contribution in [0.25, 0.3) is 0 Å². The Morgan fingerprint density at radius 1 is 0.199 bits per heavy atom. The molecular formula is C136H212O10. The first kappa shape index (κ1) is 109. The molecule has 0 aromatic carbocycles.